The minimum Gasteiger partial charge on any atom is -0.461 e. The molecule has 0 aliphatic carbocycles. The highest BCUT2D eigenvalue weighted by Crippen LogP contribution is 2.25. The molecule has 0 atom stereocenters. The van der Waals surface area contributed by atoms with E-state index in [9.17, 15) is 9.18 Å². The highest BCUT2D eigenvalue weighted by molar-refractivity contribution is 14.1. The molecule has 1 amide bonds. The van der Waals surface area contributed by atoms with E-state index in [1.807, 2.05) is 24.3 Å². The first-order valence-corrected chi connectivity index (χ1v) is 8.59. The molecule has 0 spiro atoms. The molecule has 0 unspecified atom stereocenters. The summed E-state index contributed by atoms with van der Waals surface area (Å²) in [4.78, 5) is 12.1. The molecule has 0 fully saturated rings. The summed E-state index contributed by atoms with van der Waals surface area (Å²) < 4.78 is 20.4. The van der Waals surface area contributed by atoms with Gasteiger partial charge in [-0.05, 0) is 59.0 Å². The van der Waals surface area contributed by atoms with E-state index < -0.39 is 0 Å². The summed E-state index contributed by atoms with van der Waals surface area (Å²) in [5, 5.41) is 2.88. The highest BCUT2D eigenvalue weighted by Gasteiger charge is 2.11. The van der Waals surface area contributed by atoms with Crippen molar-refractivity contribution in [2.75, 3.05) is 5.32 Å². The number of carbonyl (C=O) groups is 1. The van der Waals surface area contributed by atoms with Gasteiger partial charge in [-0.2, -0.15) is 0 Å². The number of para-hydroxylation sites is 1. The Morgan fingerprint density at radius 3 is 2.58 bits per heavy atom. The van der Waals surface area contributed by atoms with Gasteiger partial charge in [0.1, 0.15) is 17.3 Å². The average molecular weight is 435 g/mol. The lowest BCUT2D eigenvalue weighted by molar-refractivity contribution is -0.116. The lowest BCUT2D eigenvalue weighted by atomic mass is 10.1. The van der Waals surface area contributed by atoms with Crippen LogP contribution in [-0.2, 0) is 11.2 Å². The molecule has 0 saturated heterocycles. The summed E-state index contributed by atoms with van der Waals surface area (Å²) in [5.41, 5.74) is 1.22. The number of furan rings is 1. The van der Waals surface area contributed by atoms with Gasteiger partial charge in [0.2, 0.25) is 5.91 Å². The maximum absolute atomic E-state index is 13.8. The minimum absolute atomic E-state index is 0.0806. The third-order valence-electron chi connectivity index (χ3n) is 3.55. The molecule has 0 aliphatic heterocycles. The number of hydrogen-bond donors (Lipinski definition) is 1. The molecule has 1 heterocycles. The number of carbonyl (C=O) groups excluding carboxylic acids is 1. The van der Waals surface area contributed by atoms with Crippen molar-refractivity contribution in [2.24, 2.45) is 0 Å². The lowest BCUT2D eigenvalue weighted by Gasteiger charge is -2.06. The fraction of sp³-hybridized carbons (Fsp3) is 0.105. The smallest absolute Gasteiger partial charge is 0.224 e. The van der Waals surface area contributed by atoms with Gasteiger partial charge in [0.25, 0.3) is 0 Å². The maximum Gasteiger partial charge on any atom is 0.224 e. The van der Waals surface area contributed by atoms with Crippen LogP contribution in [0, 0.1) is 9.39 Å². The topological polar surface area (TPSA) is 42.2 Å². The second-order valence-electron chi connectivity index (χ2n) is 5.27. The lowest BCUT2D eigenvalue weighted by Crippen LogP contribution is -2.12. The van der Waals surface area contributed by atoms with Crippen LogP contribution < -0.4 is 5.32 Å². The molecule has 3 rings (SSSR count). The summed E-state index contributed by atoms with van der Waals surface area (Å²) in [6.07, 6.45) is 0.763. The molecule has 1 aromatic heterocycles. The predicted octanol–water partition coefficient (Wildman–Crippen LogP) is 5.26. The van der Waals surface area contributed by atoms with Crippen molar-refractivity contribution in [3.8, 4) is 11.3 Å². The van der Waals surface area contributed by atoms with Gasteiger partial charge in [-0.15, -0.1) is 0 Å². The predicted molar refractivity (Wildman–Crippen MR) is 100 cm³/mol. The van der Waals surface area contributed by atoms with Gasteiger partial charge in [-0.1, -0.05) is 24.3 Å². The number of halogens is 2. The van der Waals surface area contributed by atoms with Crippen molar-refractivity contribution in [3.63, 3.8) is 0 Å². The Morgan fingerprint density at radius 2 is 1.79 bits per heavy atom. The summed E-state index contributed by atoms with van der Waals surface area (Å²) >= 11 is 2.18. The third kappa shape index (κ3) is 4.03. The van der Waals surface area contributed by atoms with Crippen molar-refractivity contribution in [1.29, 1.82) is 0 Å². The molecule has 1 N–H and O–H groups in total. The standard InChI is InChI=1S/C19H15FINO2/c20-15-6-2-1-5-14(15)18-11-9-13(24-18)10-12-19(23)22-17-8-4-3-7-16(17)21/h1-9,11H,10,12H2,(H,22,23). The molecule has 24 heavy (non-hydrogen) atoms. The average Bonchev–Trinajstić information content (AvgIpc) is 3.04. The van der Waals surface area contributed by atoms with Crippen molar-refractivity contribution >= 4 is 34.2 Å². The van der Waals surface area contributed by atoms with Crippen LogP contribution in [0.5, 0.6) is 0 Å². The van der Waals surface area contributed by atoms with Gasteiger partial charge >= 0.3 is 0 Å². The van der Waals surface area contributed by atoms with Gasteiger partial charge in [0, 0.05) is 16.4 Å². The summed E-state index contributed by atoms with van der Waals surface area (Å²) in [6.45, 7) is 0. The van der Waals surface area contributed by atoms with Gasteiger partial charge in [0.05, 0.1) is 11.3 Å². The Balaban J connectivity index is 1.61. The van der Waals surface area contributed by atoms with Crippen LogP contribution in [-0.4, -0.2) is 5.91 Å². The Hall–Kier alpha value is -2.15. The van der Waals surface area contributed by atoms with Crippen molar-refractivity contribution in [1.82, 2.24) is 0 Å². The van der Waals surface area contributed by atoms with Gasteiger partial charge in [0.15, 0.2) is 0 Å². The SMILES string of the molecule is O=C(CCc1ccc(-c2ccccc2F)o1)Nc1ccccc1I. The van der Waals surface area contributed by atoms with Crippen molar-refractivity contribution < 1.29 is 13.6 Å². The van der Waals surface area contributed by atoms with Crippen LogP contribution in [0.4, 0.5) is 10.1 Å². The summed E-state index contributed by atoms with van der Waals surface area (Å²) in [5.74, 6) is 0.727. The quantitative estimate of drug-likeness (QED) is 0.556. The number of aryl methyl sites for hydroxylation is 1. The van der Waals surface area contributed by atoms with Crippen LogP contribution in [0.25, 0.3) is 11.3 Å². The van der Waals surface area contributed by atoms with Crippen molar-refractivity contribution in [3.05, 3.63) is 75.8 Å². The van der Waals surface area contributed by atoms with E-state index in [4.69, 9.17) is 4.42 Å². The Kier molecular flexibility index (Phi) is 5.30. The van der Waals surface area contributed by atoms with E-state index in [0.29, 0.717) is 29.9 Å². The molecule has 2 aromatic carbocycles. The normalized spacial score (nSPS) is 10.6. The van der Waals surface area contributed by atoms with Crippen LogP contribution in [0.2, 0.25) is 0 Å². The zero-order chi connectivity index (χ0) is 16.9. The maximum atomic E-state index is 13.8. The van der Waals surface area contributed by atoms with E-state index >= 15 is 0 Å². The Morgan fingerprint density at radius 1 is 1.04 bits per heavy atom. The molecular formula is C19H15FINO2. The first kappa shape index (κ1) is 16.7. The second-order valence-corrected chi connectivity index (χ2v) is 6.44. The van der Waals surface area contributed by atoms with Crippen molar-refractivity contribution in [2.45, 2.75) is 12.8 Å². The highest BCUT2D eigenvalue weighted by atomic mass is 127. The monoisotopic (exact) mass is 435 g/mol. The fourth-order valence-corrected chi connectivity index (χ4v) is 2.85. The third-order valence-corrected chi connectivity index (χ3v) is 4.49. The van der Waals surface area contributed by atoms with E-state index in [1.165, 1.54) is 6.07 Å². The Bertz CT molecular complexity index is 860. The molecule has 0 saturated carbocycles. The molecule has 5 heteroatoms. The molecule has 3 aromatic rings. The molecule has 0 radical (unpaired) electrons. The zero-order valence-electron chi connectivity index (χ0n) is 12.8. The largest absolute Gasteiger partial charge is 0.461 e. The van der Waals surface area contributed by atoms with E-state index in [2.05, 4.69) is 27.9 Å². The van der Waals surface area contributed by atoms with Crippen LogP contribution in [0.3, 0.4) is 0 Å². The number of hydrogen-bond acceptors (Lipinski definition) is 2. The fourth-order valence-electron chi connectivity index (χ4n) is 2.33. The van der Waals surface area contributed by atoms with E-state index in [-0.39, 0.29) is 11.7 Å². The zero-order valence-corrected chi connectivity index (χ0v) is 14.9. The molecule has 0 bridgehead atoms. The Labute approximate surface area is 153 Å². The van der Waals surface area contributed by atoms with Crippen LogP contribution in [0.1, 0.15) is 12.2 Å². The number of nitrogens with one attached hydrogen (secondary N) is 1. The first-order chi connectivity index (χ1) is 11.6. The molecule has 122 valence electrons. The van der Waals surface area contributed by atoms with Gasteiger partial charge in [-0.3, -0.25) is 4.79 Å². The van der Waals surface area contributed by atoms with Crippen LogP contribution >= 0.6 is 22.6 Å². The van der Waals surface area contributed by atoms with E-state index in [1.54, 1.807) is 30.3 Å². The first-order valence-electron chi connectivity index (χ1n) is 7.51. The van der Waals surface area contributed by atoms with Gasteiger partial charge < -0.3 is 9.73 Å². The number of amides is 1. The number of anilines is 1. The summed E-state index contributed by atoms with van der Waals surface area (Å²) in [6, 6.07) is 17.6. The second kappa shape index (κ2) is 7.61. The van der Waals surface area contributed by atoms with E-state index in [0.717, 1.165) is 9.26 Å². The molecule has 0 aliphatic rings. The molecular weight excluding hydrogens is 420 g/mol. The number of rotatable bonds is 5. The van der Waals surface area contributed by atoms with Gasteiger partial charge in [-0.25, -0.2) is 4.39 Å². The minimum atomic E-state index is -0.324. The number of benzene rings is 2. The summed E-state index contributed by atoms with van der Waals surface area (Å²) in [7, 11) is 0. The van der Waals surface area contributed by atoms with Crippen LogP contribution in [0.15, 0.2) is 65.1 Å². The molecule has 3 nitrogen and oxygen atoms in total.